The minimum Gasteiger partial charge on any atom is -0.480 e. The van der Waals surface area contributed by atoms with Crippen molar-refractivity contribution in [2.75, 3.05) is 19.6 Å². The maximum Gasteiger partial charge on any atom is 0.323 e. The lowest BCUT2D eigenvalue weighted by atomic mass is 9.72. The molecule has 4 rings (SSSR count). The van der Waals surface area contributed by atoms with Gasteiger partial charge in [-0.3, -0.25) is 4.79 Å². The molecule has 1 aliphatic heterocycles. The fourth-order valence-corrected chi connectivity index (χ4v) is 5.08. The molecule has 2 aliphatic carbocycles. The average Bonchev–Trinajstić information content (AvgIpc) is 2.86. The van der Waals surface area contributed by atoms with Crippen LogP contribution in [0.2, 0.25) is 0 Å². The number of carboxylic acid groups (broad SMARTS) is 1. The summed E-state index contributed by atoms with van der Waals surface area (Å²) in [6.45, 7) is 0.519. The van der Waals surface area contributed by atoms with Crippen LogP contribution in [0.4, 0.5) is 4.79 Å². The fraction of sp³-hybridized carbons (Fsp3) is 0.619. The Balaban J connectivity index is 1.53. The SMILES string of the molecule is O=C(O)CN1CC2(CCC(c3ccccc3)CC2)N(CC2(O)CCC2)C1=O. The Labute approximate surface area is 159 Å². The molecular formula is C21H28N2O4. The second-order valence-corrected chi connectivity index (χ2v) is 8.61. The predicted octanol–water partition coefficient (Wildman–Crippen LogP) is 2.82. The lowest BCUT2D eigenvalue weighted by Gasteiger charge is -2.47. The van der Waals surface area contributed by atoms with E-state index >= 15 is 0 Å². The van der Waals surface area contributed by atoms with Crippen LogP contribution in [-0.2, 0) is 4.79 Å². The number of nitrogens with zero attached hydrogens (tertiary/aromatic N) is 2. The van der Waals surface area contributed by atoms with Crippen molar-refractivity contribution in [3.05, 3.63) is 35.9 Å². The minimum atomic E-state index is -0.985. The van der Waals surface area contributed by atoms with E-state index in [2.05, 4.69) is 24.3 Å². The van der Waals surface area contributed by atoms with Gasteiger partial charge in [-0.15, -0.1) is 0 Å². The highest BCUT2D eigenvalue weighted by Crippen LogP contribution is 2.46. The number of hydrogen-bond donors (Lipinski definition) is 2. The topological polar surface area (TPSA) is 81.1 Å². The molecule has 0 unspecified atom stereocenters. The third-order valence-electron chi connectivity index (χ3n) is 6.81. The second kappa shape index (κ2) is 6.82. The summed E-state index contributed by atoms with van der Waals surface area (Å²) >= 11 is 0. The molecule has 0 aromatic heterocycles. The van der Waals surface area contributed by atoms with Crippen LogP contribution in [-0.4, -0.2) is 62.8 Å². The first-order valence-electron chi connectivity index (χ1n) is 9.97. The van der Waals surface area contributed by atoms with E-state index in [0.29, 0.717) is 19.0 Å². The summed E-state index contributed by atoms with van der Waals surface area (Å²) in [5.74, 6) is -0.505. The number of β-amino-alcohol motifs (C(OH)–C–C–N with tert-alkyl or cyclic N) is 1. The molecule has 0 atom stereocenters. The molecule has 146 valence electrons. The second-order valence-electron chi connectivity index (χ2n) is 8.61. The van der Waals surface area contributed by atoms with Gasteiger partial charge in [-0.1, -0.05) is 30.3 Å². The molecule has 3 fully saturated rings. The predicted molar refractivity (Wildman–Crippen MR) is 100 cm³/mol. The van der Waals surface area contributed by atoms with Crippen molar-refractivity contribution in [3.8, 4) is 0 Å². The summed E-state index contributed by atoms with van der Waals surface area (Å²) < 4.78 is 0. The van der Waals surface area contributed by atoms with Crippen molar-refractivity contribution in [2.45, 2.75) is 62.0 Å². The number of benzene rings is 1. The Kier molecular flexibility index (Phi) is 4.62. The Morgan fingerprint density at radius 2 is 1.78 bits per heavy atom. The van der Waals surface area contributed by atoms with E-state index in [9.17, 15) is 19.8 Å². The molecule has 0 bridgehead atoms. The molecule has 27 heavy (non-hydrogen) atoms. The van der Waals surface area contributed by atoms with Gasteiger partial charge in [0, 0.05) is 6.54 Å². The standard InChI is InChI=1S/C21H28N2O4/c24-18(25)13-22-14-20(23(19(22)26)15-21(27)9-4-10-21)11-7-17(8-12-20)16-5-2-1-3-6-16/h1-3,5-6,17,27H,4,7-15H2,(H,24,25). The normalized spacial score (nSPS) is 29.8. The first kappa shape index (κ1) is 18.3. The molecule has 1 saturated heterocycles. The van der Waals surface area contributed by atoms with Gasteiger partial charge in [0.1, 0.15) is 6.54 Å². The largest absolute Gasteiger partial charge is 0.480 e. The number of rotatable bonds is 5. The molecule has 6 nitrogen and oxygen atoms in total. The summed E-state index contributed by atoms with van der Waals surface area (Å²) in [7, 11) is 0. The van der Waals surface area contributed by atoms with Crippen molar-refractivity contribution >= 4 is 12.0 Å². The molecule has 1 aromatic rings. The van der Waals surface area contributed by atoms with Crippen LogP contribution in [0.3, 0.4) is 0 Å². The number of carbonyl (C=O) groups is 2. The quantitative estimate of drug-likeness (QED) is 0.833. The van der Waals surface area contributed by atoms with Gasteiger partial charge in [-0.2, -0.15) is 0 Å². The maximum absolute atomic E-state index is 13.0. The highest BCUT2D eigenvalue weighted by atomic mass is 16.4. The number of hydrogen-bond acceptors (Lipinski definition) is 3. The number of carboxylic acids is 1. The lowest BCUT2D eigenvalue weighted by molar-refractivity contribution is -0.137. The molecule has 1 aromatic carbocycles. The van der Waals surface area contributed by atoms with E-state index in [1.807, 2.05) is 11.0 Å². The summed E-state index contributed by atoms with van der Waals surface area (Å²) in [6, 6.07) is 10.2. The van der Waals surface area contributed by atoms with Crippen LogP contribution in [0.25, 0.3) is 0 Å². The van der Waals surface area contributed by atoms with Gasteiger partial charge in [-0.25, -0.2) is 4.79 Å². The first-order chi connectivity index (χ1) is 12.9. The van der Waals surface area contributed by atoms with Gasteiger partial charge in [-0.05, 0) is 56.4 Å². The monoisotopic (exact) mass is 372 g/mol. The van der Waals surface area contributed by atoms with Gasteiger partial charge in [0.25, 0.3) is 0 Å². The molecular weight excluding hydrogens is 344 g/mol. The highest BCUT2D eigenvalue weighted by molar-refractivity contribution is 5.83. The van der Waals surface area contributed by atoms with Crippen molar-refractivity contribution in [1.82, 2.24) is 9.80 Å². The van der Waals surface area contributed by atoms with Gasteiger partial charge >= 0.3 is 12.0 Å². The van der Waals surface area contributed by atoms with E-state index < -0.39 is 11.6 Å². The number of amides is 2. The van der Waals surface area contributed by atoms with Gasteiger partial charge in [0.15, 0.2) is 0 Å². The lowest BCUT2D eigenvalue weighted by Crippen LogP contribution is -2.57. The average molecular weight is 372 g/mol. The van der Waals surface area contributed by atoms with Crippen LogP contribution in [0.15, 0.2) is 30.3 Å². The number of urea groups is 1. The van der Waals surface area contributed by atoms with E-state index in [4.69, 9.17) is 0 Å². The van der Waals surface area contributed by atoms with Gasteiger partial charge in [0.2, 0.25) is 0 Å². The van der Waals surface area contributed by atoms with E-state index in [1.165, 1.54) is 10.5 Å². The molecule has 2 amide bonds. The fourth-order valence-electron chi connectivity index (χ4n) is 5.08. The smallest absolute Gasteiger partial charge is 0.323 e. The van der Waals surface area contributed by atoms with Crippen LogP contribution < -0.4 is 0 Å². The molecule has 2 saturated carbocycles. The molecule has 1 heterocycles. The number of carbonyl (C=O) groups excluding carboxylic acids is 1. The van der Waals surface area contributed by atoms with Crippen molar-refractivity contribution in [3.63, 3.8) is 0 Å². The zero-order valence-corrected chi connectivity index (χ0v) is 15.6. The molecule has 1 spiro atoms. The summed E-state index contributed by atoms with van der Waals surface area (Å²) in [6.07, 6.45) is 6.09. The minimum absolute atomic E-state index is 0.226. The summed E-state index contributed by atoms with van der Waals surface area (Å²) in [5, 5.41) is 19.9. The van der Waals surface area contributed by atoms with Gasteiger partial charge < -0.3 is 20.0 Å². The Morgan fingerprint density at radius 1 is 1.11 bits per heavy atom. The molecule has 6 heteroatoms. The zero-order valence-electron chi connectivity index (χ0n) is 15.6. The first-order valence-corrected chi connectivity index (χ1v) is 9.97. The third-order valence-corrected chi connectivity index (χ3v) is 6.81. The van der Waals surface area contributed by atoms with Crippen LogP contribution >= 0.6 is 0 Å². The Bertz CT molecular complexity index is 708. The van der Waals surface area contributed by atoms with Gasteiger partial charge in [0.05, 0.1) is 17.7 Å². The van der Waals surface area contributed by atoms with Crippen molar-refractivity contribution < 1.29 is 19.8 Å². The zero-order chi connectivity index (χ0) is 19.1. The van der Waals surface area contributed by atoms with E-state index in [1.54, 1.807) is 0 Å². The van der Waals surface area contributed by atoms with Crippen LogP contribution in [0.1, 0.15) is 56.4 Å². The molecule has 2 N–H and O–H groups in total. The van der Waals surface area contributed by atoms with E-state index in [0.717, 1.165) is 44.9 Å². The molecule has 3 aliphatic rings. The van der Waals surface area contributed by atoms with E-state index in [-0.39, 0.29) is 18.1 Å². The van der Waals surface area contributed by atoms with Crippen LogP contribution in [0.5, 0.6) is 0 Å². The summed E-state index contributed by atoms with van der Waals surface area (Å²) in [4.78, 5) is 27.4. The Hall–Kier alpha value is -2.08. The Morgan fingerprint density at radius 3 is 2.33 bits per heavy atom. The number of aliphatic carboxylic acids is 1. The summed E-state index contributed by atoms with van der Waals surface area (Å²) in [5.41, 5.74) is 0.199. The molecule has 0 radical (unpaired) electrons. The maximum atomic E-state index is 13.0. The van der Waals surface area contributed by atoms with Crippen LogP contribution in [0, 0.1) is 0 Å². The van der Waals surface area contributed by atoms with Crippen molar-refractivity contribution in [1.29, 1.82) is 0 Å². The van der Waals surface area contributed by atoms with Crippen molar-refractivity contribution in [2.24, 2.45) is 0 Å². The third kappa shape index (κ3) is 3.43. The highest BCUT2D eigenvalue weighted by Gasteiger charge is 2.54. The number of aliphatic hydroxyl groups is 1.